The molecular formula is C24H23ClN2O3. The van der Waals surface area contributed by atoms with E-state index in [1.165, 1.54) is 0 Å². The van der Waals surface area contributed by atoms with Gasteiger partial charge in [0.2, 0.25) is 0 Å². The first-order valence-electron chi connectivity index (χ1n) is 9.62. The van der Waals surface area contributed by atoms with Crippen LogP contribution in [0.3, 0.4) is 0 Å². The fourth-order valence-electron chi connectivity index (χ4n) is 2.89. The monoisotopic (exact) mass is 422 g/mol. The van der Waals surface area contributed by atoms with Crippen LogP contribution in [0.15, 0.2) is 78.9 Å². The maximum Gasteiger partial charge on any atom is 0.265 e. The van der Waals surface area contributed by atoms with Crippen LogP contribution in [0.4, 0.5) is 5.69 Å². The number of hydrogen-bond donors (Lipinski definition) is 2. The van der Waals surface area contributed by atoms with E-state index >= 15 is 0 Å². The molecule has 30 heavy (non-hydrogen) atoms. The van der Waals surface area contributed by atoms with Crippen molar-refractivity contribution in [1.29, 1.82) is 0 Å². The van der Waals surface area contributed by atoms with Crippen molar-refractivity contribution < 1.29 is 14.3 Å². The van der Waals surface area contributed by atoms with Gasteiger partial charge in [-0.25, -0.2) is 0 Å². The highest BCUT2D eigenvalue weighted by Crippen LogP contribution is 2.20. The summed E-state index contributed by atoms with van der Waals surface area (Å²) in [6.07, 6.45) is -0.759. The minimum absolute atomic E-state index is 0.172. The second-order valence-electron chi connectivity index (χ2n) is 6.85. The van der Waals surface area contributed by atoms with Gasteiger partial charge in [0, 0.05) is 5.02 Å². The minimum Gasteiger partial charge on any atom is -0.481 e. The Morgan fingerprint density at radius 3 is 2.20 bits per heavy atom. The van der Waals surface area contributed by atoms with Crippen molar-refractivity contribution in [3.05, 3.63) is 95.0 Å². The smallest absolute Gasteiger partial charge is 0.265 e. The van der Waals surface area contributed by atoms with Crippen molar-refractivity contribution in [3.8, 4) is 5.75 Å². The lowest BCUT2D eigenvalue weighted by Gasteiger charge is -2.18. The Morgan fingerprint density at radius 1 is 0.867 bits per heavy atom. The number of nitrogens with one attached hydrogen (secondary N) is 2. The van der Waals surface area contributed by atoms with Crippen LogP contribution < -0.4 is 15.4 Å². The van der Waals surface area contributed by atoms with E-state index < -0.39 is 6.10 Å². The average molecular weight is 423 g/mol. The Labute approximate surface area is 181 Å². The molecule has 2 amide bonds. The summed E-state index contributed by atoms with van der Waals surface area (Å²) in [5.41, 5.74) is 1.80. The summed E-state index contributed by atoms with van der Waals surface area (Å²) in [6.45, 7) is 3.56. The van der Waals surface area contributed by atoms with Gasteiger partial charge < -0.3 is 15.4 Å². The third-order valence-corrected chi connectivity index (χ3v) is 4.82. The maximum absolute atomic E-state index is 12.8. The Bertz CT molecular complexity index is 1010. The van der Waals surface area contributed by atoms with E-state index in [4.69, 9.17) is 16.3 Å². The number of hydrogen-bond acceptors (Lipinski definition) is 3. The lowest BCUT2D eigenvalue weighted by atomic mass is 10.1. The first-order chi connectivity index (χ1) is 14.4. The number of amides is 2. The highest BCUT2D eigenvalue weighted by molar-refractivity contribution is 6.30. The van der Waals surface area contributed by atoms with E-state index in [0.717, 1.165) is 5.56 Å². The van der Waals surface area contributed by atoms with Gasteiger partial charge in [-0.3, -0.25) is 9.59 Å². The largest absolute Gasteiger partial charge is 0.481 e. The van der Waals surface area contributed by atoms with Gasteiger partial charge in [-0.05, 0) is 55.8 Å². The third-order valence-electron chi connectivity index (χ3n) is 4.57. The van der Waals surface area contributed by atoms with E-state index in [-0.39, 0.29) is 17.9 Å². The van der Waals surface area contributed by atoms with Gasteiger partial charge in [0.05, 0.1) is 17.3 Å². The Morgan fingerprint density at radius 2 is 1.50 bits per heavy atom. The molecule has 3 rings (SSSR count). The lowest BCUT2D eigenvalue weighted by Crippen LogP contribution is -2.32. The van der Waals surface area contributed by atoms with Crippen LogP contribution >= 0.6 is 11.6 Å². The van der Waals surface area contributed by atoms with E-state index in [2.05, 4.69) is 10.6 Å². The van der Waals surface area contributed by atoms with Crippen LogP contribution in [0.2, 0.25) is 5.02 Å². The molecule has 0 spiro atoms. The first-order valence-corrected chi connectivity index (χ1v) is 10.00. The number of rotatable bonds is 7. The molecule has 3 aromatic carbocycles. The molecule has 0 aliphatic rings. The summed E-state index contributed by atoms with van der Waals surface area (Å²) >= 11 is 5.87. The number of carbonyl (C=O) groups is 2. The molecular weight excluding hydrogens is 400 g/mol. The predicted molar refractivity (Wildman–Crippen MR) is 119 cm³/mol. The van der Waals surface area contributed by atoms with Gasteiger partial charge in [-0.2, -0.15) is 0 Å². The average Bonchev–Trinajstić information content (AvgIpc) is 2.76. The molecule has 0 heterocycles. The first kappa shape index (κ1) is 21.4. The van der Waals surface area contributed by atoms with Gasteiger partial charge >= 0.3 is 0 Å². The van der Waals surface area contributed by atoms with E-state index in [1.54, 1.807) is 55.5 Å². The van der Waals surface area contributed by atoms with Crippen LogP contribution in [-0.2, 0) is 4.79 Å². The Hall–Kier alpha value is -3.31. The molecule has 0 bridgehead atoms. The van der Waals surface area contributed by atoms with Crippen molar-refractivity contribution in [2.24, 2.45) is 0 Å². The van der Waals surface area contributed by atoms with Crippen LogP contribution in [0.1, 0.15) is 35.8 Å². The van der Waals surface area contributed by atoms with Crippen molar-refractivity contribution in [3.63, 3.8) is 0 Å². The number of ether oxygens (including phenoxy) is 1. The standard InChI is InChI=1S/C24H23ClN2O3/c1-16(18-8-4-3-5-9-18)26-24(29)21-10-6-7-11-22(21)27-23(28)17(2)30-20-14-12-19(25)13-15-20/h3-17H,1-2H3,(H,26,29)(H,27,28)/t16-,17-/m1/s1. The molecule has 0 aliphatic heterocycles. The Balaban J connectivity index is 1.67. The summed E-state index contributed by atoms with van der Waals surface area (Å²) in [7, 11) is 0. The fraction of sp³-hybridized carbons (Fsp3) is 0.167. The zero-order valence-electron chi connectivity index (χ0n) is 16.8. The minimum atomic E-state index is -0.759. The molecule has 0 aromatic heterocycles. The van der Waals surface area contributed by atoms with Crippen molar-refractivity contribution in [2.75, 3.05) is 5.32 Å². The van der Waals surface area contributed by atoms with Gasteiger partial charge in [-0.15, -0.1) is 0 Å². The van der Waals surface area contributed by atoms with Gasteiger partial charge in [0.15, 0.2) is 6.10 Å². The van der Waals surface area contributed by atoms with E-state index in [0.29, 0.717) is 22.0 Å². The molecule has 0 saturated heterocycles. The lowest BCUT2D eigenvalue weighted by molar-refractivity contribution is -0.122. The van der Waals surface area contributed by atoms with Crippen LogP contribution in [0.5, 0.6) is 5.75 Å². The zero-order chi connectivity index (χ0) is 21.5. The molecule has 0 radical (unpaired) electrons. The number of para-hydroxylation sites is 1. The van der Waals surface area contributed by atoms with Crippen LogP contribution in [0.25, 0.3) is 0 Å². The molecule has 2 atom stereocenters. The molecule has 0 aliphatic carbocycles. The van der Waals surface area contributed by atoms with Crippen LogP contribution in [0, 0.1) is 0 Å². The summed E-state index contributed by atoms with van der Waals surface area (Å²) in [4.78, 5) is 25.4. The molecule has 5 nitrogen and oxygen atoms in total. The second kappa shape index (κ2) is 9.94. The molecule has 2 N–H and O–H groups in total. The van der Waals surface area contributed by atoms with Crippen molar-refractivity contribution >= 4 is 29.1 Å². The van der Waals surface area contributed by atoms with Crippen molar-refractivity contribution in [1.82, 2.24) is 5.32 Å². The highest BCUT2D eigenvalue weighted by atomic mass is 35.5. The number of anilines is 1. The molecule has 3 aromatic rings. The molecule has 0 fully saturated rings. The topological polar surface area (TPSA) is 67.4 Å². The number of carbonyl (C=O) groups excluding carboxylic acids is 2. The summed E-state index contributed by atoms with van der Waals surface area (Å²) in [5.74, 6) is -0.0976. The summed E-state index contributed by atoms with van der Waals surface area (Å²) in [5, 5.41) is 6.34. The predicted octanol–water partition coefficient (Wildman–Crippen LogP) is 5.24. The van der Waals surface area contributed by atoms with Gasteiger partial charge in [0.1, 0.15) is 5.75 Å². The van der Waals surface area contributed by atoms with Gasteiger partial charge in [0.25, 0.3) is 11.8 Å². The summed E-state index contributed by atoms with van der Waals surface area (Å²) in [6, 6.07) is 23.2. The second-order valence-corrected chi connectivity index (χ2v) is 7.29. The van der Waals surface area contributed by atoms with Gasteiger partial charge in [-0.1, -0.05) is 54.1 Å². The quantitative estimate of drug-likeness (QED) is 0.547. The summed E-state index contributed by atoms with van der Waals surface area (Å²) < 4.78 is 5.65. The number of benzene rings is 3. The fourth-order valence-corrected chi connectivity index (χ4v) is 3.02. The number of halogens is 1. The third kappa shape index (κ3) is 5.61. The Kier molecular flexibility index (Phi) is 7.09. The van der Waals surface area contributed by atoms with Crippen LogP contribution in [-0.4, -0.2) is 17.9 Å². The zero-order valence-corrected chi connectivity index (χ0v) is 17.5. The normalized spacial score (nSPS) is 12.5. The maximum atomic E-state index is 12.8. The molecule has 6 heteroatoms. The molecule has 154 valence electrons. The van der Waals surface area contributed by atoms with E-state index in [1.807, 2.05) is 37.3 Å². The van der Waals surface area contributed by atoms with Crippen molar-refractivity contribution in [2.45, 2.75) is 26.0 Å². The SMILES string of the molecule is C[C@@H](Oc1ccc(Cl)cc1)C(=O)Nc1ccccc1C(=O)N[C@H](C)c1ccccc1. The van der Waals surface area contributed by atoms with E-state index in [9.17, 15) is 9.59 Å². The molecule has 0 unspecified atom stereocenters. The highest BCUT2D eigenvalue weighted by Gasteiger charge is 2.19. The molecule has 0 saturated carbocycles.